The van der Waals surface area contributed by atoms with E-state index in [0.717, 1.165) is 0 Å². The Morgan fingerprint density at radius 2 is 1.95 bits per heavy atom. The van der Waals surface area contributed by atoms with Gasteiger partial charge in [0.1, 0.15) is 5.76 Å². The number of hydrogen-bond donors (Lipinski definition) is 2. The van der Waals surface area contributed by atoms with Crippen LogP contribution in [-0.2, 0) is 14.8 Å². The summed E-state index contributed by atoms with van der Waals surface area (Å²) in [6.07, 6.45) is 2.71. The van der Waals surface area contributed by atoms with Gasteiger partial charge >= 0.3 is 0 Å². The lowest BCUT2D eigenvalue weighted by atomic mass is 10.3. The molecular weight excluding hydrogens is 294 g/mol. The number of carbonyl (C=O) groups excluding carboxylic acids is 1. The molecule has 0 spiro atoms. The van der Waals surface area contributed by atoms with Crippen molar-refractivity contribution in [3.63, 3.8) is 0 Å². The number of benzene rings is 1. The normalized spacial score (nSPS) is 11.5. The largest absolute Gasteiger partial charge is 0.463 e. The van der Waals surface area contributed by atoms with Crippen LogP contribution in [0.4, 0.5) is 5.69 Å². The summed E-state index contributed by atoms with van der Waals surface area (Å²) in [7, 11) is -3.76. The molecule has 110 valence electrons. The van der Waals surface area contributed by atoms with Crippen molar-refractivity contribution in [1.29, 1.82) is 0 Å². The first-order chi connectivity index (χ1) is 9.97. The number of rotatable bonds is 5. The van der Waals surface area contributed by atoms with E-state index in [9.17, 15) is 13.2 Å². The van der Waals surface area contributed by atoms with Crippen LogP contribution in [0.3, 0.4) is 0 Å². The third kappa shape index (κ3) is 4.18. The highest BCUT2D eigenvalue weighted by Crippen LogP contribution is 2.13. The van der Waals surface area contributed by atoms with Crippen LogP contribution in [0.15, 0.2) is 57.1 Å². The molecule has 0 unspecified atom stereocenters. The number of furan rings is 1. The highest BCUT2D eigenvalue weighted by Gasteiger charge is 2.12. The van der Waals surface area contributed by atoms with Crippen molar-refractivity contribution in [3.05, 3.63) is 48.4 Å². The minimum absolute atomic E-state index is 0.0354. The van der Waals surface area contributed by atoms with E-state index in [0.29, 0.717) is 11.4 Å². The Morgan fingerprint density at radius 1 is 1.24 bits per heavy atom. The lowest BCUT2D eigenvalue weighted by Crippen LogP contribution is -2.18. The SMILES string of the molecule is CC(=O)Nc1ccc(S(=O)(=O)NN=Cc2ccco2)cc1. The first-order valence-electron chi connectivity index (χ1n) is 5.93. The molecule has 0 aliphatic carbocycles. The summed E-state index contributed by atoms with van der Waals surface area (Å²) in [4.78, 5) is 13.0. The molecule has 0 saturated carbocycles. The predicted octanol–water partition coefficient (Wildman–Crippen LogP) is 1.55. The number of carbonyl (C=O) groups is 1. The summed E-state index contributed by atoms with van der Waals surface area (Å²) in [5.41, 5.74) is 0.514. The van der Waals surface area contributed by atoms with Crippen molar-refractivity contribution in [2.24, 2.45) is 5.10 Å². The second-order valence-electron chi connectivity index (χ2n) is 4.07. The zero-order valence-electron chi connectivity index (χ0n) is 11.1. The van der Waals surface area contributed by atoms with Gasteiger partial charge in [0.2, 0.25) is 5.91 Å². The number of hydrazone groups is 1. The Hall–Kier alpha value is -2.61. The Balaban J connectivity index is 2.07. The average molecular weight is 307 g/mol. The van der Waals surface area contributed by atoms with E-state index in [2.05, 4.69) is 15.2 Å². The molecule has 0 fully saturated rings. The molecule has 0 radical (unpaired) electrons. The number of sulfonamides is 1. The lowest BCUT2D eigenvalue weighted by Gasteiger charge is -2.05. The number of nitrogens with one attached hydrogen (secondary N) is 2. The molecule has 0 bridgehead atoms. The Labute approximate surface area is 121 Å². The molecule has 21 heavy (non-hydrogen) atoms. The van der Waals surface area contributed by atoms with Gasteiger partial charge in [-0.3, -0.25) is 4.79 Å². The second kappa shape index (κ2) is 6.23. The quantitative estimate of drug-likeness (QED) is 0.646. The predicted molar refractivity (Wildman–Crippen MR) is 77.4 cm³/mol. The summed E-state index contributed by atoms with van der Waals surface area (Å²) in [6.45, 7) is 1.37. The van der Waals surface area contributed by atoms with Crippen LogP contribution in [0.1, 0.15) is 12.7 Å². The molecule has 2 rings (SSSR count). The van der Waals surface area contributed by atoms with Crippen LogP contribution in [-0.4, -0.2) is 20.5 Å². The van der Waals surface area contributed by atoms with Crippen molar-refractivity contribution >= 4 is 27.8 Å². The first kappa shape index (κ1) is 14.8. The van der Waals surface area contributed by atoms with E-state index >= 15 is 0 Å². The van der Waals surface area contributed by atoms with Crippen molar-refractivity contribution in [2.75, 3.05) is 5.32 Å². The fraction of sp³-hybridized carbons (Fsp3) is 0.0769. The maximum absolute atomic E-state index is 12.0. The van der Waals surface area contributed by atoms with Gasteiger partial charge in [0.05, 0.1) is 17.4 Å². The molecule has 0 aliphatic heterocycles. The molecule has 0 atom stereocenters. The molecule has 1 heterocycles. The van der Waals surface area contributed by atoms with Crippen LogP contribution >= 0.6 is 0 Å². The second-order valence-corrected chi connectivity index (χ2v) is 5.73. The summed E-state index contributed by atoms with van der Waals surface area (Å²) in [5, 5.41) is 6.16. The third-order valence-corrected chi connectivity index (χ3v) is 3.63. The van der Waals surface area contributed by atoms with Gasteiger partial charge in [-0.2, -0.15) is 18.4 Å². The third-order valence-electron chi connectivity index (χ3n) is 2.39. The van der Waals surface area contributed by atoms with Gasteiger partial charge in [0, 0.05) is 12.6 Å². The summed E-state index contributed by atoms with van der Waals surface area (Å²) in [6, 6.07) is 9.03. The molecule has 0 aliphatic rings. The van der Waals surface area contributed by atoms with E-state index in [4.69, 9.17) is 4.42 Å². The Morgan fingerprint density at radius 3 is 2.52 bits per heavy atom. The van der Waals surface area contributed by atoms with Crippen molar-refractivity contribution in [3.8, 4) is 0 Å². The summed E-state index contributed by atoms with van der Waals surface area (Å²) >= 11 is 0. The molecule has 8 heteroatoms. The lowest BCUT2D eigenvalue weighted by molar-refractivity contribution is -0.114. The molecule has 2 N–H and O–H groups in total. The van der Waals surface area contributed by atoms with Gasteiger partial charge < -0.3 is 9.73 Å². The molecule has 1 aromatic heterocycles. The van der Waals surface area contributed by atoms with Gasteiger partial charge in [0.15, 0.2) is 0 Å². The van der Waals surface area contributed by atoms with Crippen LogP contribution in [0, 0.1) is 0 Å². The molecule has 0 saturated heterocycles. The van der Waals surface area contributed by atoms with E-state index in [1.165, 1.54) is 43.7 Å². The maximum Gasteiger partial charge on any atom is 0.276 e. The van der Waals surface area contributed by atoms with Gasteiger partial charge in [-0.25, -0.2) is 0 Å². The van der Waals surface area contributed by atoms with Crippen LogP contribution in [0.25, 0.3) is 0 Å². The van der Waals surface area contributed by atoms with E-state index in [1.807, 2.05) is 0 Å². The smallest absolute Gasteiger partial charge is 0.276 e. The Bertz CT molecular complexity index is 734. The number of nitrogens with zero attached hydrogens (tertiary/aromatic N) is 1. The highest BCUT2D eigenvalue weighted by atomic mass is 32.2. The van der Waals surface area contributed by atoms with Crippen LogP contribution < -0.4 is 10.1 Å². The fourth-order valence-corrected chi connectivity index (χ4v) is 2.29. The van der Waals surface area contributed by atoms with Crippen molar-refractivity contribution in [2.45, 2.75) is 11.8 Å². The molecule has 7 nitrogen and oxygen atoms in total. The summed E-state index contributed by atoms with van der Waals surface area (Å²) in [5.74, 6) is 0.200. The van der Waals surface area contributed by atoms with Gasteiger partial charge in [-0.15, -0.1) is 0 Å². The zero-order chi connectivity index (χ0) is 15.3. The molecular formula is C13H13N3O4S. The van der Waals surface area contributed by atoms with Crippen LogP contribution in [0.2, 0.25) is 0 Å². The number of hydrogen-bond acceptors (Lipinski definition) is 5. The maximum atomic E-state index is 12.0. The average Bonchev–Trinajstić information content (AvgIpc) is 2.91. The highest BCUT2D eigenvalue weighted by molar-refractivity contribution is 7.89. The van der Waals surface area contributed by atoms with E-state index in [1.54, 1.807) is 12.1 Å². The molecule has 1 amide bonds. The van der Waals surface area contributed by atoms with Gasteiger partial charge in [0.25, 0.3) is 10.0 Å². The van der Waals surface area contributed by atoms with Crippen LogP contribution in [0.5, 0.6) is 0 Å². The minimum Gasteiger partial charge on any atom is -0.463 e. The number of anilines is 1. The fourth-order valence-electron chi connectivity index (χ4n) is 1.50. The minimum atomic E-state index is -3.76. The van der Waals surface area contributed by atoms with E-state index < -0.39 is 10.0 Å². The zero-order valence-corrected chi connectivity index (χ0v) is 11.9. The van der Waals surface area contributed by atoms with Gasteiger partial charge in [-0.05, 0) is 36.4 Å². The molecule has 1 aromatic carbocycles. The van der Waals surface area contributed by atoms with E-state index in [-0.39, 0.29) is 10.8 Å². The van der Waals surface area contributed by atoms with Gasteiger partial charge in [-0.1, -0.05) is 0 Å². The standard InChI is InChI=1S/C13H13N3O4S/c1-10(17)15-11-4-6-13(7-5-11)21(18,19)16-14-9-12-3-2-8-20-12/h2-9,16H,1H3,(H,15,17). The first-order valence-corrected chi connectivity index (χ1v) is 7.42. The Kier molecular flexibility index (Phi) is 4.39. The van der Waals surface area contributed by atoms with Crippen molar-refractivity contribution < 1.29 is 17.6 Å². The molecule has 2 aromatic rings. The number of amides is 1. The topological polar surface area (TPSA) is 101 Å². The van der Waals surface area contributed by atoms with Crippen molar-refractivity contribution in [1.82, 2.24) is 4.83 Å². The summed E-state index contributed by atoms with van der Waals surface area (Å²) < 4.78 is 28.9. The monoisotopic (exact) mass is 307 g/mol.